The Morgan fingerprint density at radius 3 is 2.59 bits per heavy atom. The molecular formula is C15H16O2. The molecule has 0 heterocycles. The topological polar surface area (TPSA) is 29.5 Å². The minimum Gasteiger partial charge on any atom is -0.508 e. The van der Waals surface area contributed by atoms with Crippen LogP contribution in [0, 0.1) is 13.8 Å². The van der Waals surface area contributed by atoms with E-state index in [1.165, 1.54) is 5.56 Å². The average Bonchev–Trinajstić information content (AvgIpc) is 2.28. The average molecular weight is 228 g/mol. The molecule has 0 aliphatic heterocycles. The van der Waals surface area contributed by atoms with Crippen molar-refractivity contribution < 1.29 is 9.84 Å². The van der Waals surface area contributed by atoms with Gasteiger partial charge in [-0.3, -0.25) is 0 Å². The van der Waals surface area contributed by atoms with Crippen LogP contribution in [0.3, 0.4) is 0 Å². The van der Waals surface area contributed by atoms with Crippen molar-refractivity contribution in [3.8, 4) is 11.5 Å². The fraction of sp³-hybridized carbons (Fsp3) is 0.200. The second-order valence-corrected chi connectivity index (χ2v) is 4.23. The lowest BCUT2D eigenvalue weighted by atomic mass is 10.1. The number of hydrogen-bond acceptors (Lipinski definition) is 2. The summed E-state index contributed by atoms with van der Waals surface area (Å²) in [6, 6.07) is 13.4. The summed E-state index contributed by atoms with van der Waals surface area (Å²) in [5, 5.41) is 9.30. The Morgan fingerprint density at radius 1 is 1.06 bits per heavy atom. The van der Waals surface area contributed by atoms with Crippen LogP contribution in [-0.2, 0) is 6.61 Å². The van der Waals surface area contributed by atoms with E-state index in [0.29, 0.717) is 6.61 Å². The second-order valence-electron chi connectivity index (χ2n) is 4.23. The van der Waals surface area contributed by atoms with Gasteiger partial charge in [0.25, 0.3) is 0 Å². The van der Waals surface area contributed by atoms with Crippen LogP contribution >= 0.6 is 0 Å². The van der Waals surface area contributed by atoms with Crippen molar-refractivity contribution in [2.45, 2.75) is 20.5 Å². The molecule has 0 fully saturated rings. The first-order chi connectivity index (χ1) is 8.15. The molecule has 0 aliphatic rings. The molecular weight excluding hydrogens is 212 g/mol. The van der Waals surface area contributed by atoms with Gasteiger partial charge >= 0.3 is 0 Å². The summed E-state index contributed by atoms with van der Waals surface area (Å²) in [5.41, 5.74) is 3.32. The summed E-state index contributed by atoms with van der Waals surface area (Å²) in [4.78, 5) is 0. The summed E-state index contributed by atoms with van der Waals surface area (Å²) >= 11 is 0. The highest BCUT2D eigenvalue weighted by Crippen LogP contribution is 2.23. The van der Waals surface area contributed by atoms with Crippen molar-refractivity contribution in [3.05, 3.63) is 59.2 Å². The fourth-order valence-electron chi connectivity index (χ4n) is 1.76. The van der Waals surface area contributed by atoms with E-state index < -0.39 is 0 Å². The van der Waals surface area contributed by atoms with Gasteiger partial charge in [0.1, 0.15) is 18.1 Å². The SMILES string of the molecule is Cc1cccc(COc2ccc(O)cc2C)c1. The van der Waals surface area contributed by atoms with Crippen molar-refractivity contribution in [2.75, 3.05) is 0 Å². The molecule has 0 aliphatic carbocycles. The molecule has 0 saturated heterocycles. The first kappa shape index (κ1) is 11.5. The van der Waals surface area contributed by atoms with Gasteiger partial charge in [0.15, 0.2) is 0 Å². The highest BCUT2D eigenvalue weighted by Gasteiger charge is 2.01. The maximum atomic E-state index is 9.30. The van der Waals surface area contributed by atoms with Crippen LogP contribution in [-0.4, -0.2) is 5.11 Å². The zero-order valence-corrected chi connectivity index (χ0v) is 10.1. The molecule has 2 heteroatoms. The molecule has 0 saturated carbocycles. The quantitative estimate of drug-likeness (QED) is 0.870. The summed E-state index contributed by atoms with van der Waals surface area (Å²) in [6.07, 6.45) is 0. The Balaban J connectivity index is 2.07. The van der Waals surface area contributed by atoms with E-state index in [-0.39, 0.29) is 5.75 Å². The Morgan fingerprint density at radius 2 is 1.88 bits per heavy atom. The van der Waals surface area contributed by atoms with Gasteiger partial charge in [-0.05, 0) is 43.2 Å². The second kappa shape index (κ2) is 4.91. The maximum Gasteiger partial charge on any atom is 0.122 e. The van der Waals surface area contributed by atoms with Crippen molar-refractivity contribution in [3.63, 3.8) is 0 Å². The molecule has 1 N–H and O–H groups in total. The number of rotatable bonds is 3. The minimum atomic E-state index is 0.269. The monoisotopic (exact) mass is 228 g/mol. The van der Waals surface area contributed by atoms with Gasteiger partial charge in [0, 0.05) is 0 Å². The predicted octanol–water partition coefficient (Wildman–Crippen LogP) is 3.59. The number of aromatic hydroxyl groups is 1. The van der Waals surface area contributed by atoms with Crippen LogP contribution < -0.4 is 4.74 Å². The molecule has 17 heavy (non-hydrogen) atoms. The van der Waals surface area contributed by atoms with Gasteiger partial charge in [-0.2, -0.15) is 0 Å². The Hall–Kier alpha value is -1.96. The normalized spacial score (nSPS) is 10.2. The zero-order valence-electron chi connectivity index (χ0n) is 10.1. The summed E-state index contributed by atoms with van der Waals surface area (Å²) < 4.78 is 5.72. The molecule has 0 unspecified atom stereocenters. The highest BCUT2D eigenvalue weighted by molar-refractivity contribution is 5.38. The fourth-order valence-corrected chi connectivity index (χ4v) is 1.76. The minimum absolute atomic E-state index is 0.269. The van der Waals surface area contributed by atoms with Crippen LogP contribution in [0.15, 0.2) is 42.5 Å². The first-order valence-electron chi connectivity index (χ1n) is 5.63. The molecule has 2 aromatic rings. The van der Waals surface area contributed by atoms with Gasteiger partial charge in [-0.25, -0.2) is 0 Å². The van der Waals surface area contributed by atoms with Gasteiger partial charge in [0.05, 0.1) is 0 Å². The summed E-state index contributed by atoms with van der Waals surface area (Å²) in [6.45, 7) is 4.54. The third-order valence-corrected chi connectivity index (χ3v) is 2.64. The van der Waals surface area contributed by atoms with E-state index in [9.17, 15) is 5.11 Å². The summed E-state index contributed by atoms with van der Waals surface area (Å²) in [5.74, 6) is 1.08. The molecule has 0 aromatic heterocycles. The number of aryl methyl sites for hydroxylation is 2. The lowest BCUT2D eigenvalue weighted by Crippen LogP contribution is -1.97. The van der Waals surface area contributed by atoms with Crippen molar-refractivity contribution in [2.24, 2.45) is 0 Å². The molecule has 0 amide bonds. The molecule has 0 spiro atoms. The lowest BCUT2D eigenvalue weighted by molar-refractivity contribution is 0.303. The van der Waals surface area contributed by atoms with E-state index in [4.69, 9.17) is 4.74 Å². The van der Waals surface area contributed by atoms with E-state index in [1.807, 2.05) is 19.1 Å². The van der Waals surface area contributed by atoms with Gasteiger partial charge in [-0.1, -0.05) is 29.8 Å². The molecule has 88 valence electrons. The van der Waals surface area contributed by atoms with Gasteiger partial charge in [0.2, 0.25) is 0 Å². The molecule has 2 nitrogen and oxygen atoms in total. The van der Waals surface area contributed by atoms with Crippen LogP contribution in [0.4, 0.5) is 0 Å². The number of phenolic OH excluding ortho intramolecular Hbond substituents is 1. The number of ether oxygens (including phenoxy) is 1. The van der Waals surface area contributed by atoms with Crippen LogP contribution in [0.1, 0.15) is 16.7 Å². The largest absolute Gasteiger partial charge is 0.508 e. The van der Waals surface area contributed by atoms with Crippen LogP contribution in [0.25, 0.3) is 0 Å². The smallest absolute Gasteiger partial charge is 0.122 e. The number of phenols is 1. The lowest BCUT2D eigenvalue weighted by Gasteiger charge is -2.09. The molecule has 0 bridgehead atoms. The van der Waals surface area contributed by atoms with Crippen molar-refractivity contribution in [1.82, 2.24) is 0 Å². The molecule has 0 atom stereocenters. The highest BCUT2D eigenvalue weighted by atomic mass is 16.5. The zero-order chi connectivity index (χ0) is 12.3. The molecule has 2 rings (SSSR count). The van der Waals surface area contributed by atoms with Crippen molar-refractivity contribution >= 4 is 0 Å². The third-order valence-electron chi connectivity index (χ3n) is 2.64. The van der Waals surface area contributed by atoms with Crippen LogP contribution in [0.2, 0.25) is 0 Å². The first-order valence-corrected chi connectivity index (χ1v) is 5.63. The molecule has 2 aromatic carbocycles. The Kier molecular flexibility index (Phi) is 3.33. The van der Waals surface area contributed by atoms with E-state index >= 15 is 0 Å². The maximum absolute atomic E-state index is 9.30. The van der Waals surface area contributed by atoms with Crippen molar-refractivity contribution in [1.29, 1.82) is 0 Å². The predicted molar refractivity (Wildman–Crippen MR) is 68.4 cm³/mol. The summed E-state index contributed by atoms with van der Waals surface area (Å²) in [7, 11) is 0. The van der Waals surface area contributed by atoms with Gasteiger partial charge in [-0.15, -0.1) is 0 Å². The number of benzene rings is 2. The standard InChI is InChI=1S/C15H16O2/c1-11-4-3-5-13(8-11)10-17-15-7-6-14(16)9-12(15)2/h3-9,16H,10H2,1-2H3. The molecule has 0 radical (unpaired) electrons. The number of hydrogen-bond donors (Lipinski definition) is 1. The van der Waals surface area contributed by atoms with Gasteiger partial charge < -0.3 is 9.84 Å². The van der Waals surface area contributed by atoms with Crippen LogP contribution in [0.5, 0.6) is 11.5 Å². The third kappa shape index (κ3) is 3.00. The Labute approximate surface area is 101 Å². The van der Waals surface area contributed by atoms with E-state index in [0.717, 1.165) is 16.9 Å². The van der Waals surface area contributed by atoms with E-state index in [2.05, 4.69) is 19.1 Å². The van der Waals surface area contributed by atoms with E-state index in [1.54, 1.807) is 18.2 Å². The Bertz CT molecular complexity index is 518.